The highest BCUT2D eigenvalue weighted by Crippen LogP contribution is 2.30. The number of likely N-dealkylation sites (N-methyl/N-ethyl adjacent to an activating group) is 1. The molecule has 3 aromatic heterocycles. The lowest BCUT2D eigenvalue weighted by molar-refractivity contribution is -0.111. The molecule has 2 N–H and O–H groups in total. The lowest BCUT2D eigenvalue weighted by Crippen LogP contribution is -2.12. The Bertz CT molecular complexity index is 1610. The number of anilines is 3. The number of carbonyl (C=O) groups is 1. The average Bonchev–Trinajstić information content (AvgIpc) is 3.34. The van der Waals surface area contributed by atoms with Crippen molar-refractivity contribution in [3.05, 3.63) is 79.2 Å². The van der Waals surface area contributed by atoms with Gasteiger partial charge < -0.3 is 20.3 Å². The highest BCUT2D eigenvalue weighted by atomic mass is 16.5. The van der Waals surface area contributed by atoms with Gasteiger partial charge in [-0.15, -0.1) is 10.2 Å². The second-order valence-electron chi connectivity index (χ2n) is 8.64. The van der Waals surface area contributed by atoms with Gasteiger partial charge in [-0.1, -0.05) is 6.08 Å². The van der Waals surface area contributed by atoms with E-state index in [1.807, 2.05) is 68.4 Å². The SMILES string of the molecule is Cc1cc(Nc2ncnc3ccc(NC(=O)/C=C/CN(C)C)cc23)ccc1Oc1cc2nncn2cn1. The molecule has 0 atom stereocenters. The summed E-state index contributed by atoms with van der Waals surface area (Å²) >= 11 is 0. The van der Waals surface area contributed by atoms with Crippen molar-refractivity contribution in [3.8, 4) is 11.6 Å². The number of ether oxygens (including phenoxy) is 1. The summed E-state index contributed by atoms with van der Waals surface area (Å²) in [6, 6.07) is 13.0. The molecule has 186 valence electrons. The van der Waals surface area contributed by atoms with Crippen molar-refractivity contribution in [2.24, 2.45) is 0 Å². The average molecular weight is 496 g/mol. The van der Waals surface area contributed by atoms with Crippen LogP contribution in [0.5, 0.6) is 11.6 Å². The number of rotatable bonds is 8. The molecule has 2 aromatic carbocycles. The van der Waals surface area contributed by atoms with Crippen LogP contribution in [0.4, 0.5) is 17.2 Å². The molecule has 0 unspecified atom stereocenters. The minimum absolute atomic E-state index is 0.198. The number of fused-ring (bicyclic) bond motifs is 2. The van der Waals surface area contributed by atoms with Crippen LogP contribution in [0.15, 0.2) is 73.6 Å². The second kappa shape index (κ2) is 10.4. The van der Waals surface area contributed by atoms with Gasteiger partial charge >= 0.3 is 0 Å². The molecule has 0 aliphatic carbocycles. The lowest BCUT2D eigenvalue weighted by Gasteiger charge is -2.13. The van der Waals surface area contributed by atoms with E-state index in [9.17, 15) is 4.79 Å². The zero-order valence-electron chi connectivity index (χ0n) is 20.6. The van der Waals surface area contributed by atoms with E-state index in [4.69, 9.17) is 4.74 Å². The molecule has 3 heterocycles. The molecule has 5 rings (SSSR count). The third-order valence-corrected chi connectivity index (χ3v) is 5.46. The first kappa shape index (κ1) is 23.8. The molecule has 0 aliphatic heterocycles. The summed E-state index contributed by atoms with van der Waals surface area (Å²) < 4.78 is 7.67. The maximum absolute atomic E-state index is 12.3. The molecule has 0 saturated heterocycles. The molecule has 1 amide bonds. The first-order chi connectivity index (χ1) is 17.9. The molecule has 37 heavy (non-hydrogen) atoms. The predicted octanol–water partition coefficient (Wildman–Crippen LogP) is 3.97. The summed E-state index contributed by atoms with van der Waals surface area (Å²) in [6.07, 6.45) is 8.02. The Morgan fingerprint density at radius 2 is 1.92 bits per heavy atom. The van der Waals surface area contributed by atoms with Crippen molar-refractivity contribution >= 4 is 39.6 Å². The number of aryl methyl sites for hydroxylation is 1. The predicted molar refractivity (Wildman–Crippen MR) is 141 cm³/mol. The summed E-state index contributed by atoms with van der Waals surface area (Å²) in [5.74, 6) is 1.52. The van der Waals surface area contributed by atoms with E-state index in [2.05, 4.69) is 35.8 Å². The van der Waals surface area contributed by atoms with Crippen LogP contribution in [0, 0.1) is 6.92 Å². The summed E-state index contributed by atoms with van der Waals surface area (Å²) in [7, 11) is 3.89. The Balaban J connectivity index is 1.33. The fraction of sp³-hybridized carbons (Fsp3) is 0.154. The van der Waals surface area contributed by atoms with Crippen LogP contribution in [-0.2, 0) is 4.79 Å². The maximum Gasteiger partial charge on any atom is 0.248 e. The van der Waals surface area contributed by atoms with Gasteiger partial charge in [0.05, 0.1) is 5.52 Å². The normalized spacial score (nSPS) is 11.5. The summed E-state index contributed by atoms with van der Waals surface area (Å²) in [5.41, 5.74) is 3.79. The summed E-state index contributed by atoms with van der Waals surface area (Å²) in [4.78, 5) is 27.3. The molecular weight excluding hydrogens is 470 g/mol. The van der Waals surface area contributed by atoms with Gasteiger partial charge in [0.2, 0.25) is 11.8 Å². The molecule has 0 radical (unpaired) electrons. The molecule has 11 nitrogen and oxygen atoms in total. The van der Waals surface area contributed by atoms with E-state index in [1.54, 1.807) is 23.1 Å². The Hall–Kier alpha value is -4.90. The van der Waals surface area contributed by atoms with Gasteiger partial charge in [-0.05, 0) is 63.0 Å². The van der Waals surface area contributed by atoms with Crippen molar-refractivity contribution in [3.63, 3.8) is 0 Å². The van der Waals surface area contributed by atoms with Gasteiger partial charge in [0.15, 0.2) is 5.65 Å². The molecular formula is C26H25N9O2. The van der Waals surface area contributed by atoms with Crippen molar-refractivity contribution < 1.29 is 9.53 Å². The quantitative estimate of drug-likeness (QED) is 0.308. The van der Waals surface area contributed by atoms with Crippen molar-refractivity contribution in [1.82, 2.24) is 34.4 Å². The number of hydrogen-bond donors (Lipinski definition) is 2. The number of amides is 1. The number of aromatic nitrogens is 6. The fourth-order valence-corrected chi connectivity index (χ4v) is 3.65. The van der Waals surface area contributed by atoms with Gasteiger partial charge in [0.1, 0.15) is 30.5 Å². The maximum atomic E-state index is 12.3. The van der Waals surface area contributed by atoms with Crippen molar-refractivity contribution in [1.29, 1.82) is 0 Å². The first-order valence-corrected chi connectivity index (χ1v) is 11.5. The number of carbonyl (C=O) groups excluding carboxylic acids is 1. The molecule has 11 heteroatoms. The van der Waals surface area contributed by atoms with Crippen LogP contribution in [0.2, 0.25) is 0 Å². The zero-order chi connectivity index (χ0) is 25.8. The number of nitrogens with one attached hydrogen (secondary N) is 2. The summed E-state index contributed by atoms with van der Waals surface area (Å²) in [5, 5.41) is 14.9. The third kappa shape index (κ3) is 5.68. The molecule has 0 aliphatic rings. The Labute approximate surface area is 212 Å². The highest BCUT2D eigenvalue weighted by molar-refractivity contribution is 6.01. The van der Waals surface area contributed by atoms with E-state index in [1.165, 1.54) is 12.4 Å². The largest absolute Gasteiger partial charge is 0.439 e. The third-order valence-electron chi connectivity index (χ3n) is 5.46. The molecule has 0 spiro atoms. The standard InChI is InChI=1S/C26H25N9O2/c1-17-11-18(7-9-22(17)37-25-13-23-33-30-16-35(23)15-29-25)32-26-20-12-19(6-8-21(20)27-14-28-26)31-24(36)5-4-10-34(2)3/h4-9,11-16H,10H2,1-3H3,(H,31,36)(H,27,28,32)/b5-4+. The number of nitrogens with zero attached hydrogens (tertiary/aromatic N) is 7. The first-order valence-electron chi connectivity index (χ1n) is 11.5. The minimum atomic E-state index is -0.198. The Morgan fingerprint density at radius 1 is 1.05 bits per heavy atom. The van der Waals surface area contributed by atoms with E-state index in [-0.39, 0.29) is 5.91 Å². The topological polar surface area (TPSA) is 122 Å². The van der Waals surface area contributed by atoms with Crippen molar-refractivity contribution in [2.45, 2.75) is 6.92 Å². The van der Waals surface area contributed by atoms with Gasteiger partial charge in [0.25, 0.3) is 0 Å². The molecule has 0 saturated carbocycles. The second-order valence-corrected chi connectivity index (χ2v) is 8.64. The Kier molecular flexibility index (Phi) is 6.68. The van der Waals surface area contributed by atoms with Crippen molar-refractivity contribution in [2.75, 3.05) is 31.3 Å². The van der Waals surface area contributed by atoms with Crippen LogP contribution < -0.4 is 15.4 Å². The fourth-order valence-electron chi connectivity index (χ4n) is 3.65. The van der Waals surface area contributed by atoms with E-state index in [0.717, 1.165) is 22.2 Å². The van der Waals surface area contributed by atoms with Crippen LogP contribution in [0.25, 0.3) is 16.6 Å². The molecule has 5 aromatic rings. The van der Waals surface area contributed by atoms with Gasteiger partial charge in [-0.2, -0.15) is 0 Å². The van der Waals surface area contributed by atoms with Gasteiger partial charge in [-0.25, -0.2) is 15.0 Å². The smallest absolute Gasteiger partial charge is 0.248 e. The highest BCUT2D eigenvalue weighted by Gasteiger charge is 2.10. The minimum Gasteiger partial charge on any atom is -0.439 e. The van der Waals surface area contributed by atoms with E-state index < -0.39 is 0 Å². The monoisotopic (exact) mass is 495 g/mol. The van der Waals surface area contributed by atoms with Gasteiger partial charge in [-0.3, -0.25) is 9.20 Å². The summed E-state index contributed by atoms with van der Waals surface area (Å²) in [6.45, 7) is 2.63. The molecule has 0 bridgehead atoms. The van der Waals surface area contributed by atoms with Crippen LogP contribution in [0.1, 0.15) is 5.56 Å². The molecule has 0 fully saturated rings. The Morgan fingerprint density at radius 3 is 2.76 bits per heavy atom. The number of benzene rings is 2. The van der Waals surface area contributed by atoms with Gasteiger partial charge in [0, 0.05) is 35.4 Å². The van der Waals surface area contributed by atoms with Crippen LogP contribution in [0.3, 0.4) is 0 Å². The van der Waals surface area contributed by atoms with E-state index in [0.29, 0.717) is 35.3 Å². The van der Waals surface area contributed by atoms with Crippen LogP contribution in [-0.4, -0.2) is 61.0 Å². The number of hydrogen-bond acceptors (Lipinski definition) is 9. The zero-order valence-corrected chi connectivity index (χ0v) is 20.6. The lowest BCUT2D eigenvalue weighted by atomic mass is 10.1. The van der Waals surface area contributed by atoms with E-state index >= 15 is 0 Å². The van der Waals surface area contributed by atoms with Crippen LogP contribution >= 0.6 is 0 Å².